The van der Waals surface area contributed by atoms with E-state index in [2.05, 4.69) is 15.3 Å². The Morgan fingerprint density at radius 2 is 1.86 bits per heavy atom. The van der Waals surface area contributed by atoms with Gasteiger partial charge in [0.1, 0.15) is 17.0 Å². The van der Waals surface area contributed by atoms with E-state index in [4.69, 9.17) is 0 Å². The summed E-state index contributed by atoms with van der Waals surface area (Å²) in [7, 11) is 0. The third-order valence-corrected chi connectivity index (χ3v) is 4.05. The molecule has 29 heavy (non-hydrogen) atoms. The van der Waals surface area contributed by atoms with E-state index in [0.717, 1.165) is 22.8 Å². The Morgan fingerprint density at radius 3 is 2.45 bits per heavy atom. The molecule has 0 bridgehead atoms. The van der Waals surface area contributed by atoms with Crippen molar-refractivity contribution in [3.8, 4) is 5.69 Å². The lowest BCUT2D eigenvalue weighted by molar-refractivity contribution is -0.141. The maximum atomic E-state index is 14.1. The number of nitrogens with zero attached hydrogens (tertiary/aromatic N) is 3. The lowest BCUT2D eigenvalue weighted by Gasteiger charge is -2.16. The number of carbonyl (C=O) groups is 1. The van der Waals surface area contributed by atoms with Gasteiger partial charge >= 0.3 is 6.18 Å². The van der Waals surface area contributed by atoms with Crippen molar-refractivity contribution in [1.29, 1.82) is 0 Å². The number of benzene rings is 1. The Hall–Kier alpha value is -3.01. The van der Waals surface area contributed by atoms with Gasteiger partial charge in [-0.25, -0.2) is 14.4 Å². The van der Waals surface area contributed by atoms with E-state index in [1.807, 2.05) is 0 Å². The second-order valence-corrected chi connectivity index (χ2v) is 7.28. The molecule has 0 atom stereocenters. The van der Waals surface area contributed by atoms with Crippen LogP contribution < -0.4 is 5.32 Å². The van der Waals surface area contributed by atoms with Crippen molar-refractivity contribution < 1.29 is 27.5 Å². The highest BCUT2D eigenvalue weighted by molar-refractivity contribution is 5.92. The van der Waals surface area contributed by atoms with E-state index in [1.165, 1.54) is 32.9 Å². The van der Waals surface area contributed by atoms with Crippen molar-refractivity contribution in [2.24, 2.45) is 0 Å². The summed E-state index contributed by atoms with van der Waals surface area (Å²) in [5.74, 6) is -1.33. The van der Waals surface area contributed by atoms with Crippen LogP contribution in [0, 0.1) is 12.7 Å². The number of aromatic nitrogens is 3. The summed E-state index contributed by atoms with van der Waals surface area (Å²) in [5, 5.41) is 12.3. The molecule has 1 aromatic carbocycles. The zero-order valence-electron chi connectivity index (χ0n) is 15.8. The molecule has 1 amide bonds. The van der Waals surface area contributed by atoms with Gasteiger partial charge in [0, 0.05) is 0 Å². The molecule has 0 saturated heterocycles. The number of amides is 1. The number of alkyl halides is 3. The first-order valence-corrected chi connectivity index (χ1v) is 8.60. The predicted octanol–water partition coefficient (Wildman–Crippen LogP) is 3.99. The van der Waals surface area contributed by atoms with Crippen LogP contribution in [0.15, 0.2) is 30.3 Å². The lowest BCUT2D eigenvalue weighted by atomic mass is 10.1. The fourth-order valence-electron chi connectivity index (χ4n) is 2.73. The summed E-state index contributed by atoms with van der Waals surface area (Å²) in [4.78, 5) is 20.0. The van der Waals surface area contributed by atoms with Gasteiger partial charge in [-0.15, -0.1) is 0 Å². The first-order valence-electron chi connectivity index (χ1n) is 8.60. The molecule has 0 radical (unpaired) electrons. The van der Waals surface area contributed by atoms with Crippen LogP contribution in [0.2, 0.25) is 0 Å². The Kier molecular flexibility index (Phi) is 5.08. The fraction of sp³-hybridized carbons (Fsp3) is 0.316. The third kappa shape index (κ3) is 4.53. The molecule has 6 nitrogen and oxygen atoms in total. The molecule has 2 heterocycles. The fourth-order valence-corrected chi connectivity index (χ4v) is 2.73. The molecule has 10 heteroatoms. The number of hydrogen-bond acceptors (Lipinski definition) is 4. The number of aliphatic hydroxyl groups is 1. The second kappa shape index (κ2) is 7.11. The molecule has 0 unspecified atom stereocenters. The maximum absolute atomic E-state index is 14.1. The number of imidazole rings is 1. The van der Waals surface area contributed by atoms with Crippen molar-refractivity contribution in [3.63, 3.8) is 0 Å². The van der Waals surface area contributed by atoms with Gasteiger partial charge in [0.2, 0.25) is 11.9 Å². The van der Waals surface area contributed by atoms with Crippen molar-refractivity contribution in [1.82, 2.24) is 14.5 Å². The quantitative estimate of drug-likeness (QED) is 0.638. The number of aryl methyl sites for hydroxylation is 1. The minimum absolute atomic E-state index is 0.0811. The minimum atomic E-state index is -4.69. The Balaban J connectivity index is 2.19. The van der Waals surface area contributed by atoms with Crippen LogP contribution in [0.25, 0.3) is 16.9 Å². The summed E-state index contributed by atoms with van der Waals surface area (Å²) in [6.07, 6.45) is -4.97. The van der Waals surface area contributed by atoms with Crippen molar-refractivity contribution in [3.05, 3.63) is 47.4 Å². The van der Waals surface area contributed by atoms with Gasteiger partial charge in [-0.05, 0) is 50.6 Å². The molecule has 3 rings (SSSR count). The number of halogens is 4. The van der Waals surface area contributed by atoms with Gasteiger partial charge in [-0.2, -0.15) is 13.2 Å². The van der Waals surface area contributed by atoms with Gasteiger partial charge in [-0.1, -0.05) is 6.07 Å². The smallest absolute Gasteiger partial charge is 0.390 e. The van der Waals surface area contributed by atoms with Crippen LogP contribution >= 0.6 is 0 Å². The molecule has 0 aliphatic carbocycles. The van der Waals surface area contributed by atoms with Gasteiger partial charge in [0.25, 0.3) is 0 Å². The summed E-state index contributed by atoms with van der Waals surface area (Å²) < 4.78 is 54.6. The van der Waals surface area contributed by atoms with Crippen LogP contribution in [0.4, 0.5) is 23.5 Å². The molecule has 2 aromatic heterocycles. The number of carbonyl (C=O) groups excluding carboxylic acids is 1. The van der Waals surface area contributed by atoms with E-state index in [0.29, 0.717) is 5.56 Å². The Labute approximate surface area is 163 Å². The lowest BCUT2D eigenvalue weighted by Crippen LogP contribution is -2.28. The molecule has 0 aliphatic heterocycles. The Morgan fingerprint density at radius 1 is 1.17 bits per heavy atom. The van der Waals surface area contributed by atoms with E-state index >= 15 is 0 Å². The van der Waals surface area contributed by atoms with E-state index in [1.54, 1.807) is 0 Å². The van der Waals surface area contributed by atoms with Crippen LogP contribution in [-0.4, -0.2) is 31.1 Å². The van der Waals surface area contributed by atoms with Crippen LogP contribution in [0.1, 0.15) is 31.5 Å². The highest BCUT2D eigenvalue weighted by Gasteiger charge is 2.33. The van der Waals surface area contributed by atoms with Crippen molar-refractivity contribution in [2.45, 2.75) is 39.0 Å². The molecule has 0 aliphatic rings. The third-order valence-electron chi connectivity index (χ3n) is 4.05. The molecule has 0 saturated carbocycles. The highest BCUT2D eigenvalue weighted by Crippen LogP contribution is 2.31. The average molecular weight is 410 g/mol. The van der Waals surface area contributed by atoms with Gasteiger partial charge < -0.3 is 5.11 Å². The summed E-state index contributed by atoms with van der Waals surface area (Å²) in [6.45, 7) is 4.40. The number of anilines is 1. The maximum Gasteiger partial charge on any atom is 0.433 e. The molecule has 3 aromatic rings. The highest BCUT2D eigenvalue weighted by atomic mass is 19.4. The summed E-state index contributed by atoms with van der Waals surface area (Å²) >= 11 is 0. The van der Waals surface area contributed by atoms with Crippen LogP contribution in [0.3, 0.4) is 0 Å². The largest absolute Gasteiger partial charge is 0.433 e. The normalized spacial score (nSPS) is 12.4. The monoisotopic (exact) mass is 410 g/mol. The van der Waals surface area contributed by atoms with E-state index in [9.17, 15) is 27.5 Å². The number of fused-ring (bicyclic) bond motifs is 1. The SMILES string of the molecule is Cc1ccc(-n2c(NC(=O)CC(C)(C)O)nc3ccc(C(F)(F)F)nc32)cc1F. The summed E-state index contributed by atoms with van der Waals surface area (Å²) in [5.41, 5.74) is -2.08. The molecular weight excluding hydrogens is 392 g/mol. The standard InChI is InChI=1S/C19H18F4N4O2/c1-10-4-5-11(8-12(10)20)27-16-13(6-7-14(25-16)19(21,22)23)24-17(27)26-15(28)9-18(2,3)29/h4-8,29H,9H2,1-3H3,(H,24,26,28). The van der Waals surface area contributed by atoms with E-state index in [-0.39, 0.29) is 29.2 Å². The predicted molar refractivity (Wildman–Crippen MR) is 98.1 cm³/mol. The Bertz CT molecular complexity index is 1080. The zero-order chi connectivity index (χ0) is 21.6. The van der Waals surface area contributed by atoms with E-state index < -0.39 is 29.2 Å². The second-order valence-electron chi connectivity index (χ2n) is 7.28. The average Bonchev–Trinajstić information content (AvgIpc) is 2.91. The minimum Gasteiger partial charge on any atom is -0.390 e. The molecule has 0 fully saturated rings. The topological polar surface area (TPSA) is 80.0 Å². The molecule has 0 spiro atoms. The first kappa shape index (κ1) is 20.7. The van der Waals surface area contributed by atoms with Gasteiger partial charge in [-0.3, -0.25) is 14.7 Å². The number of hydrogen-bond donors (Lipinski definition) is 2. The zero-order valence-corrected chi connectivity index (χ0v) is 15.8. The molecule has 154 valence electrons. The summed E-state index contributed by atoms with van der Waals surface area (Å²) in [6, 6.07) is 5.94. The van der Waals surface area contributed by atoms with Crippen LogP contribution in [-0.2, 0) is 11.0 Å². The van der Waals surface area contributed by atoms with Gasteiger partial charge in [0.05, 0.1) is 17.7 Å². The first-order chi connectivity index (χ1) is 13.3. The van der Waals surface area contributed by atoms with Gasteiger partial charge in [0.15, 0.2) is 5.65 Å². The number of nitrogens with one attached hydrogen (secondary N) is 1. The van der Waals surface area contributed by atoms with Crippen molar-refractivity contribution >= 4 is 23.0 Å². The van der Waals surface area contributed by atoms with Crippen molar-refractivity contribution in [2.75, 3.05) is 5.32 Å². The molecular formula is C19H18F4N4O2. The number of pyridine rings is 1. The molecule has 2 N–H and O–H groups in total. The number of rotatable bonds is 4. The van der Waals surface area contributed by atoms with Crippen LogP contribution in [0.5, 0.6) is 0 Å².